The number of amides is 1. The first-order chi connectivity index (χ1) is 5.35. The lowest BCUT2D eigenvalue weighted by molar-refractivity contribution is -0.109. The van der Waals surface area contributed by atoms with Gasteiger partial charge in [0.05, 0.1) is 12.6 Å². The van der Waals surface area contributed by atoms with Gasteiger partial charge in [0, 0.05) is 6.54 Å². The van der Waals surface area contributed by atoms with E-state index in [0.29, 0.717) is 19.6 Å². The maximum Gasteiger partial charge on any atom is 0.207 e. The molecule has 0 saturated heterocycles. The van der Waals surface area contributed by atoms with E-state index < -0.39 is 0 Å². The summed E-state index contributed by atoms with van der Waals surface area (Å²) in [4.78, 5) is 14.3. The zero-order valence-corrected chi connectivity index (χ0v) is 6.25. The van der Waals surface area contributed by atoms with E-state index in [9.17, 15) is 4.79 Å². The lowest BCUT2D eigenvalue weighted by Gasteiger charge is -2.14. The molecule has 0 spiro atoms. The van der Waals surface area contributed by atoms with Crippen molar-refractivity contribution in [1.82, 2.24) is 10.6 Å². The van der Waals surface area contributed by atoms with Gasteiger partial charge in [0.2, 0.25) is 6.41 Å². The smallest absolute Gasteiger partial charge is 0.207 e. The molecule has 1 atom stereocenters. The number of hydrogen-bond donors (Lipinski definition) is 3. The first kappa shape index (κ1) is 9.93. The van der Waals surface area contributed by atoms with Crippen molar-refractivity contribution in [2.75, 3.05) is 13.2 Å². The van der Waals surface area contributed by atoms with Crippen molar-refractivity contribution in [3.05, 3.63) is 12.8 Å². The highest BCUT2D eigenvalue weighted by atomic mass is 16.6. The summed E-state index contributed by atoms with van der Waals surface area (Å²) in [6.07, 6.45) is 2.14. The van der Waals surface area contributed by atoms with Crippen molar-refractivity contribution in [2.24, 2.45) is 5.90 Å². The summed E-state index contributed by atoms with van der Waals surface area (Å²) in [5.74, 6) is 4.84. The van der Waals surface area contributed by atoms with Crippen molar-refractivity contribution in [3.8, 4) is 0 Å². The van der Waals surface area contributed by atoms with Gasteiger partial charge in [-0.1, -0.05) is 6.58 Å². The zero-order chi connectivity index (χ0) is 8.53. The molecule has 5 nitrogen and oxygen atoms in total. The lowest BCUT2D eigenvalue weighted by Crippen LogP contribution is -2.39. The minimum Gasteiger partial charge on any atom is -0.384 e. The summed E-state index contributed by atoms with van der Waals surface area (Å²) in [6, 6.07) is -0.0253. The van der Waals surface area contributed by atoms with Crippen molar-refractivity contribution in [2.45, 2.75) is 6.04 Å². The van der Waals surface area contributed by atoms with Crippen LogP contribution in [0, 0.1) is 0 Å². The minimum absolute atomic E-state index is 0.0253. The Morgan fingerprint density at radius 2 is 2.45 bits per heavy atom. The third kappa shape index (κ3) is 5.38. The highest BCUT2D eigenvalue weighted by Gasteiger charge is 2.03. The molecular formula is C6H13N3O2. The molecule has 0 aromatic heterocycles. The highest BCUT2D eigenvalue weighted by Crippen LogP contribution is 1.80. The molecule has 11 heavy (non-hydrogen) atoms. The van der Waals surface area contributed by atoms with Crippen LogP contribution in [0.1, 0.15) is 0 Å². The third-order valence-electron chi connectivity index (χ3n) is 1.10. The maximum absolute atomic E-state index is 9.88. The summed E-state index contributed by atoms with van der Waals surface area (Å²) in [7, 11) is 0. The second-order valence-corrected chi connectivity index (χ2v) is 1.93. The van der Waals surface area contributed by atoms with Gasteiger partial charge in [0.25, 0.3) is 0 Å². The fourth-order valence-electron chi connectivity index (χ4n) is 0.639. The van der Waals surface area contributed by atoms with E-state index in [2.05, 4.69) is 22.1 Å². The van der Waals surface area contributed by atoms with Crippen molar-refractivity contribution in [3.63, 3.8) is 0 Å². The Morgan fingerprint density at radius 3 is 2.91 bits per heavy atom. The van der Waals surface area contributed by atoms with Crippen LogP contribution in [0.25, 0.3) is 0 Å². The quantitative estimate of drug-likeness (QED) is 0.319. The Bertz CT molecular complexity index is 118. The van der Waals surface area contributed by atoms with Crippen LogP contribution >= 0.6 is 0 Å². The average Bonchev–Trinajstić information content (AvgIpc) is 2.01. The van der Waals surface area contributed by atoms with Crippen LogP contribution in [0.3, 0.4) is 0 Å². The van der Waals surface area contributed by atoms with Gasteiger partial charge in [-0.2, -0.15) is 0 Å². The van der Waals surface area contributed by atoms with E-state index in [1.54, 1.807) is 0 Å². The molecule has 0 aromatic rings. The van der Waals surface area contributed by atoms with Gasteiger partial charge in [-0.3, -0.25) is 4.79 Å². The monoisotopic (exact) mass is 159 g/mol. The maximum atomic E-state index is 9.88. The molecule has 64 valence electrons. The minimum atomic E-state index is -0.0253. The second-order valence-electron chi connectivity index (χ2n) is 1.93. The van der Waals surface area contributed by atoms with Crippen molar-refractivity contribution >= 4 is 6.41 Å². The van der Waals surface area contributed by atoms with Crippen LogP contribution in [0.15, 0.2) is 12.8 Å². The molecule has 0 aliphatic rings. The predicted molar refractivity (Wildman–Crippen MR) is 41.3 cm³/mol. The van der Waals surface area contributed by atoms with Crippen LogP contribution in [-0.4, -0.2) is 25.6 Å². The van der Waals surface area contributed by atoms with E-state index in [1.165, 1.54) is 6.20 Å². The Kier molecular flexibility index (Phi) is 6.36. The van der Waals surface area contributed by atoms with Crippen LogP contribution in [0.5, 0.6) is 0 Å². The van der Waals surface area contributed by atoms with Crippen LogP contribution in [0.2, 0.25) is 0 Å². The molecule has 0 aliphatic carbocycles. The van der Waals surface area contributed by atoms with Crippen LogP contribution in [0.4, 0.5) is 0 Å². The summed E-state index contributed by atoms with van der Waals surface area (Å²) in [5.41, 5.74) is 0. The Hall–Kier alpha value is -1.07. The second kappa shape index (κ2) is 7.04. The molecular weight excluding hydrogens is 146 g/mol. The Morgan fingerprint density at radius 1 is 1.73 bits per heavy atom. The number of rotatable bonds is 7. The van der Waals surface area contributed by atoms with Crippen LogP contribution in [-0.2, 0) is 9.63 Å². The zero-order valence-electron chi connectivity index (χ0n) is 6.25. The van der Waals surface area contributed by atoms with E-state index in [4.69, 9.17) is 5.90 Å². The summed E-state index contributed by atoms with van der Waals surface area (Å²) < 4.78 is 0. The Balaban J connectivity index is 3.49. The molecule has 0 aromatic carbocycles. The fourth-order valence-corrected chi connectivity index (χ4v) is 0.639. The largest absolute Gasteiger partial charge is 0.384 e. The lowest BCUT2D eigenvalue weighted by atomic mass is 10.3. The van der Waals surface area contributed by atoms with Crippen molar-refractivity contribution in [1.29, 1.82) is 0 Å². The van der Waals surface area contributed by atoms with Crippen molar-refractivity contribution < 1.29 is 9.63 Å². The first-order valence-corrected chi connectivity index (χ1v) is 3.20. The van der Waals surface area contributed by atoms with Gasteiger partial charge >= 0.3 is 0 Å². The number of carbonyl (C=O) groups excluding carboxylic acids is 1. The molecule has 0 unspecified atom stereocenters. The summed E-state index contributed by atoms with van der Waals surface area (Å²) >= 11 is 0. The SMILES string of the molecule is C=CN[C@H](CNC=O)CON. The van der Waals surface area contributed by atoms with Gasteiger partial charge in [0.1, 0.15) is 0 Å². The van der Waals surface area contributed by atoms with E-state index in [-0.39, 0.29) is 6.04 Å². The van der Waals surface area contributed by atoms with Gasteiger partial charge in [-0.05, 0) is 6.20 Å². The number of nitrogens with one attached hydrogen (secondary N) is 2. The van der Waals surface area contributed by atoms with Gasteiger partial charge in [-0.15, -0.1) is 0 Å². The van der Waals surface area contributed by atoms with Gasteiger partial charge in [-0.25, -0.2) is 5.90 Å². The molecule has 0 fully saturated rings. The molecule has 1 amide bonds. The number of nitrogens with two attached hydrogens (primary N) is 1. The van der Waals surface area contributed by atoms with E-state index in [0.717, 1.165) is 0 Å². The number of hydrogen-bond acceptors (Lipinski definition) is 4. The summed E-state index contributed by atoms with van der Waals surface area (Å²) in [6.45, 7) is 4.26. The standard InChI is InChI=1S/C6H13N3O2/c1-2-9-6(4-11-7)3-8-5-10/h2,5-6,9H,1,3-4,7H2,(H,8,10)/t6-/m1/s1. The van der Waals surface area contributed by atoms with Gasteiger partial charge < -0.3 is 15.5 Å². The number of carbonyl (C=O) groups is 1. The topological polar surface area (TPSA) is 76.4 Å². The summed E-state index contributed by atoms with van der Waals surface area (Å²) in [5, 5.41) is 5.35. The molecule has 4 N–H and O–H groups in total. The Labute approximate surface area is 65.5 Å². The highest BCUT2D eigenvalue weighted by molar-refractivity contribution is 5.45. The fraction of sp³-hybridized carbons (Fsp3) is 0.500. The van der Waals surface area contributed by atoms with E-state index in [1.807, 2.05) is 0 Å². The van der Waals surface area contributed by atoms with Crippen LogP contribution < -0.4 is 16.5 Å². The molecule has 5 heteroatoms. The third-order valence-corrected chi connectivity index (χ3v) is 1.10. The normalized spacial score (nSPS) is 11.7. The average molecular weight is 159 g/mol. The molecule has 0 saturated carbocycles. The molecule has 0 radical (unpaired) electrons. The first-order valence-electron chi connectivity index (χ1n) is 3.20. The molecule has 0 bridgehead atoms. The predicted octanol–water partition coefficient (Wildman–Crippen LogP) is -1.28. The molecule has 0 heterocycles. The molecule has 0 aliphatic heterocycles. The van der Waals surface area contributed by atoms with Gasteiger partial charge in [0.15, 0.2) is 0 Å². The molecule has 0 rings (SSSR count). The van der Waals surface area contributed by atoms with E-state index >= 15 is 0 Å².